The Bertz CT molecular complexity index is 2700. The highest BCUT2D eigenvalue weighted by Gasteiger charge is 2.50. The Morgan fingerprint density at radius 3 is 2.22 bits per heavy atom. The molecule has 7 rings (SSSR count). The molecule has 3 heterocycles. The van der Waals surface area contributed by atoms with E-state index < -0.39 is 46.9 Å². The number of carbonyl (C=O) groups is 4. The van der Waals surface area contributed by atoms with Gasteiger partial charge in [-0.2, -0.15) is 5.26 Å². The van der Waals surface area contributed by atoms with Crippen LogP contribution in [-0.2, 0) is 23.9 Å². The van der Waals surface area contributed by atoms with Crippen LogP contribution in [0.2, 0.25) is 5.02 Å². The summed E-state index contributed by atoms with van der Waals surface area (Å²) >= 11 is 12.1. The maximum Gasteiger partial charge on any atom is 0.259 e. The molecule has 4 atom stereocenters. The standard InChI is InChI=1S/C52H56ClN7O8S/c1-32(33-9-11-36(12-10-33)44-28-55-31-68-44)56-47(63)43-26-40(61)29-58(43)48(64)46(51(2,3)4)57-45(62)30-66-23-7-8-24-67-41-21-16-35(17-22-41)34-13-18-38(19-14-34)60-50(69)59(49(65)52(60,5)6)39-20-15-37(27-54)42(53)25-39/h9-22,25,28,31-32,40,43,46,61H,7-8,23-24,26,29-30H2,1-6H3,(H,56,63)(H,57,62)/t32?,40-,43+,46?/m1/s1. The second-order valence-electron chi connectivity index (χ2n) is 18.8. The monoisotopic (exact) mass is 973 g/mol. The molecule has 69 heavy (non-hydrogen) atoms. The van der Waals surface area contributed by atoms with Crippen LogP contribution in [0.15, 0.2) is 108 Å². The van der Waals surface area contributed by atoms with Crippen molar-refractivity contribution in [3.05, 3.63) is 120 Å². The zero-order valence-electron chi connectivity index (χ0n) is 39.4. The van der Waals surface area contributed by atoms with Crippen LogP contribution < -0.4 is 25.2 Å². The molecule has 2 unspecified atom stereocenters. The predicted molar refractivity (Wildman–Crippen MR) is 266 cm³/mol. The van der Waals surface area contributed by atoms with Gasteiger partial charge in [0.05, 0.1) is 41.2 Å². The Morgan fingerprint density at radius 2 is 1.59 bits per heavy atom. The zero-order valence-corrected chi connectivity index (χ0v) is 41.0. The highest BCUT2D eigenvalue weighted by molar-refractivity contribution is 7.81. The molecule has 0 aliphatic carbocycles. The maximum atomic E-state index is 14.0. The second-order valence-corrected chi connectivity index (χ2v) is 19.5. The molecule has 2 saturated heterocycles. The van der Waals surface area contributed by atoms with Crippen molar-refractivity contribution in [3.8, 4) is 34.3 Å². The third kappa shape index (κ3) is 11.5. The highest BCUT2D eigenvalue weighted by atomic mass is 35.5. The summed E-state index contributed by atoms with van der Waals surface area (Å²) in [5, 5.41) is 26.3. The van der Waals surface area contributed by atoms with Crippen LogP contribution in [0.5, 0.6) is 5.75 Å². The molecule has 3 N–H and O–H groups in total. The number of rotatable bonds is 17. The minimum absolute atomic E-state index is 0.0326. The van der Waals surface area contributed by atoms with E-state index in [4.69, 9.17) is 37.7 Å². The first-order valence-corrected chi connectivity index (χ1v) is 23.5. The molecule has 2 fully saturated rings. The Morgan fingerprint density at radius 1 is 0.957 bits per heavy atom. The van der Waals surface area contributed by atoms with Crippen molar-refractivity contribution in [2.75, 3.05) is 36.2 Å². The summed E-state index contributed by atoms with van der Waals surface area (Å²) in [7, 11) is 0. The van der Waals surface area contributed by atoms with Crippen molar-refractivity contribution in [2.45, 2.75) is 90.6 Å². The van der Waals surface area contributed by atoms with Crippen LogP contribution in [0.25, 0.3) is 22.5 Å². The Hall–Kier alpha value is -6.64. The molecular formula is C52H56ClN7O8S. The first-order chi connectivity index (χ1) is 32.9. The van der Waals surface area contributed by atoms with E-state index >= 15 is 0 Å². The molecule has 4 aromatic carbocycles. The van der Waals surface area contributed by atoms with Gasteiger partial charge in [0.1, 0.15) is 36.0 Å². The summed E-state index contributed by atoms with van der Waals surface area (Å²) < 4.78 is 17.0. The number of unbranched alkanes of at least 4 members (excludes halogenated alkanes) is 1. The number of benzene rings is 4. The number of carbonyl (C=O) groups excluding carboxylic acids is 4. The number of nitriles is 1. The molecule has 1 aromatic heterocycles. The fourth-order valence-electron chi connectivity index (χ4n) is 8.41. The molecule has 5 aromatic rings. The fraction of sp³-hybridized carbons (Fsp3) is 0.365. The summed E-state index contributed by atoms with van der Waals surface area (Å²) in [6.07, 6.45) is 3.47. The number of ether oxygens (including phenoxy) is 2. The topological polar surface area (TPSA) is 191 Å². The molecule has 15 nitrogen and oxygen atoms in total. The number of oxazole rings is 1. The number of aliphatic hydroxyl groups is 1. The lowest BCUT2D eigenvalue weighted by Crippen LogP contribution is -2.58. The molecule has 360 valence electrons. The van der Waals surface area contributed by atoms with Gasteiger partial charge in [-0.3, -0.25) is 24.1 Å². The van der Waals surface area contributed by atoms with Gasteiger partial charge in [0.15, 0.2) is 17.3 Å². The first kappa shape index (κ1) is 50.2. The number of hydrogen-bond acceptors (Lipinski definition) is 11. The quantitative estimate of drug-likeness (QED) is 0.0602. The normalized spacial score (nSPS) is 17.6. The largest absolute Gasteiger partial charge is 0.494 e. The average Bonchev–Trinajstić information content (AvgIpc) is 4.05. The SMILES string of the molecule is CC(NC(=O)[C@@H]1C[C@@H](O)CN1C(=O)C(NC(=O)COCCCCOc1ccc(-c2ccc(N3C(=S)N(c4ccc(C#N)c(Cl)c4)C(=O)C3(C)C)cc2)cc1)C(C)(C)C)c1ccc(-c2cnco2)cc1. The van der Waals surface area contributed by atoms with Gasteiger partial charge in [-0.1, -0.05) is 80.9 Å². The van der Waals surface area contributed by atoms with Gasteiger partial charge in [-0.25, -0.2) is 4.98 Å². The number of aromatic nitrogens is 1. The Balaban J connectivity index is 0.838. The number of nitrogens with one attached hydrogen (secondary N) is 2. The van der Waals surface area contributed by atoms with Gasteiger partial charge in [-0.05, 0) is 110 Å². The van der Waals surface area contributed by atoms with E-state index in [0.717, 1.165) is 27.9 Å². The first-order valence-electron chi connectivity index (χ1n) is 22.7. The fourth-order valence-corrected chi connectivity index (χ4v) is 9.15. The van der Waals surface area contributed by atoms with Gasteiger partial charge in [0.25, 0.3) is 5.91 Å². The molecule has 2 aliphatic rings. The van der Waals surface area contributed by atoms with Gasteiger partial charge in [0.2, 0.25) is 17.7 Å². The smallest absolute Gasteiger partial charge is 0.259 e. The van der Waals surface area contributed by atoms with Crippen molar-refractivity contribution in [1.82, 2.24) is 20.5 Å². The van der Waals surface area contributed by atoms with Crippen molar-refractivity contribution in [3.63, 3.8) is 0 Å². The number of β-amino-alcohol motifs (C(OH)–C–C–N with tert-alkyl or cyclic N) is 1. The van der Waals surface area contributed by atoms with E-state index in [0.29, 0.717) is 53.9 Å². The second kappa shape index (κ2) is 21.3. The Labute approximate surface area is 412 Å². The summed E-state index contributed by atoms with van der Waals surface area (Å²) in [6.45, 7) is 11.4. The molecule has 0 radical (unpaired) electrons. The van der Waals surface area contributed by atoms with Crippen LogP contribution in [0.4, 0.5) is 11.4 Å². The molecule has 0 saturated carbocycles. The van der Waals surface area contributed by atoms with Crippen molar-refractivity contribution in [1.29, 1.82) is 5.26 Å². The minimum Gasteiger partial charge on any atom is -0.494 e. The lowest BCUT2D eigenvalue weighted by atomic mass is 9.85. The lowest BCUT2D eigenvalue weighted by Gasteiger charge is -2.35. The average molecular weight is 975 g/mol. The lowest BCUT2D eigenvalue weighted by molar-refractivity contribution is -0.144. The highest BCUT2D eigenvalue weighted by Crippen LogP contribution is 2.38. The number of likely N-dealkylation sites (tertiary alicyclic amines) is 1. The number of aliphatic hydroxyl groups excluding tert-OH is 1. The maximum absolute atomic E-state index is 14.0. The summed E-state index contributed by atoms with van der Waals surface area (Å²) in [5.41, 5.74) is 3.50. The Kier molecular flexibility index (Phi) is 15.5. The third-order valence-corrected chi connectivity index (χ3v) is 12.9. The predicted octanol–water partition coefficient (Wildman–Crippen LogP) is 8.00. The van der Waals surface area contributed by atoms with E-state index in [2.05, 4.69) is 15.6 Å². The minimum atomic E-state index is -0.975. The molecule has 17 heteroatoms. The van der Waals surface area contributed by atoms with Crippen LogP contribution in [0, 0.1) is 16.7 Å². The van der Waals surface area contributed by atoms with E-state index in [1.165, 1.54) is 16.2 Å². The van der Waals surface area contributed by atoms with E-state index in [1.807, 2.05) is 125 Å². The van der Waals surface area contributed by atoms with Gasteiger partial charge < -0.3 is 39.4 Å². The van der Waals surface area contributed by atoms with Gasteiger partial charge >= 0.3 is 0 Å². The number of nitrogens with zero attached hydrogens (tertiary/aromatic N) is 5. The number of thiocarbonyl (C=S) groups is 1. The van der Waals surface area contributed by atoms with Crippen LogP contribution in [-0.4, -0.2) is 93.8 Å². The van der Waals surface area contributed by atoms with Gasteiger partial charge in [0, 0.05) is 30.8 Å². The van der Waals surface area contributed by atoms with Crippen LogP contribution in [0.1, 0.15) is 78.0 Å². The summed E-state index contributed by atoms with van der Waals surface area (Å²) in [4.78, 5) is 62.9. The number of amides is 4. The van der Waals surface area contributed by atoms with Crippen LogP contribution in [0.3, 0.4) is 0 Å². The van der Waals surface area contributed by atoms with Gasteiger partial charge in [-0.15, -0.1) is 0 Å². The summed E-state index contributed by atoms with van der Waals surface area (Å²) in [6, 6.07) is 27.6. The van der Waals surface area contributed by atoms with Crippen LogP contribution >= 0.6 is 23.8 Å². The van der Waals surface area contributed by atoms with Crippen molar-refractivity contribution >= 4 is 63.9 Å². The molecule has 4 amide bonds. The van der Waals surface area contributed by atoms with Crippen molar-refractivity contribution in [2.24, 2.45) is 5.41 Å². The summed E-state index contributed by atoms with van der Waals surface area (Å²) in [5.74, 6) is -0.193. The van der Waals surface area contributed by atoms with E-state index in [9.17, 15) is 29.5 Å². The molecule has 0 bridgehead atoms. The number of halogens is 1. The number of hydrogen-bond donors (Lipinski definition) is 3. The molecule has 2 aliphatic heterocycles. The van der Waals surface area contributed by atoms with E-state index in [-0.39, 0.29) is 36.5 Å². The molecule has 0 spiro atoms. The van der Waals surface area contributed by atoms with E-state index in [1.54, 1.807) is 24.4 Å². The number of anilines is 2. The third-order valence-electron chi connectivity index (χ3n) is 12.3. The van der Waals surface area contributed by atoms with Crippen molar-refractivity contribution < 1.29 is 38.2 Å². The molecular weight excluding hydrogens is 918 g/mol. The zero-order chi connectivity index (χ0) is 49.6.